The molecule has 0 N–H and O–H groups in total. The van der Waals surface area contributed by atoms with Crippen molar-refractivity contribution in [1.29, 1.82) is 0 Å². The Morgan fingerprint density at radius 3 is 1.65 bits per heavy atom. The summed E-state index contributed by atoms with van der Waals surface area (Å²) in [5.41, 5.74) is 18.9. The van der Waals surface area contributed by atoms with E-state index in [0.717, 1.165) is 40.9 Å². The molecule has 1 heterocycles. The predicted octanol–water partition coefficient (Wildman–Crippen LogP) is 12.3. The Balaban J connectivity index is 0.000000536. The Labute approximate surface area is 253 Å². The molecule has 0 bridgehead atoms. The van der Waals surface area contributed by atoms with Crippen LogP contribution in [0.5, 0.6) is 0 Å². The number of benzene rings is 2. The summed E-state index contributed by atoms with van der Waals surface area (Å²) in [5, 5.41) is 2.78. The van der Waals surface area contributed by atoms with Crippen LogP contribution in [0.4, 0.5) is 0 Å². The zero-order valence-corrected chi connectivity index (χ0v) is 27.2. The summed E-state index contributed by atoms with van der Waals surface area (Å²) in [5.74, 6) is 0. The van der Waals surface area contributed by atoms with Gasteiger partial charge in [-0.1, -0.05) is 76.6 Å². The number of hydrogen-bond donors (Lipinski definition) is 0. The normalized spacial score (nSPS) is 13.0. The van der Waals surface area contributed by atoms with Crippen LogP contribution in [0.1, 0.15) is 134 Å². The first kappa shape index (κ1) is 34.2. The Hall–Kier alpha value is -1.99. The second-order valence-corrected chi connectivity index (χ2v) is 12.6. The fourth-order valence-electron chi connectivity index (χ4n) is 4.91. The summed E-state index contributed by atoms with van der Waals surface area (Å²) in [6.07, 6.45) is 20.0. The summed E-state index contributed by atoms with van der Waals surface area (Å²) in [6, 6.07) is 17.3. The van der Waals surface area contributed by atoms with Gasteiger partial charge in [-0.3, -0.25) is 0 Å². The van der Waals surface area contributed by atoms with E-state index in [1.807, 2.05) is 14.4 Å². The zero-order chi connectivity index (χ0) is 29.0. The molecule has 224 valence electrons. The van der Waals surface area contributed by atoms with Crippen molar-refractivity contribution in [2.24, 2.45) is 0 Å². The maximum atomic E-state index is 11.1. The van der Waals surface area contributed by atoms with Crippen LogP contribution in [0.25, 0.3) is 16.9 Å². The number of nitrogens with zero attached hydrogens (tertiary/aromatic N) is 2. The van der Waals surface area contributed by atoms with Gasteiger partial charge in [-0.25, -0.2) is 4.70 Å². The van der Waals surface area contributed by atoms with Crippen LogP contribution < -0.4 is 0 Å². The molecule has 0 radical (unpaired) electrons. The van der Waals surface area contributed by atoms with E-state index < -0.39 is 0 Å². The second kappa shape index (κ2) is 20.8. The molecule has 2 aromatic carbocycles. The average molecular weight is 588 g/mol. The van der Waals surface area contributed by atoms with Crippen LogP contribution in [0.3, 0.4) is 0 Å². The van der Waals surface area contributed by atoms with Gasteiger partial charge < -0.3 is 5.53 Å². The molecule has 0 unspecified atom stereocenters. The van der Waals surface area contributed by atoms with E-state index in [4.69, 9.17) is 0 Å². The summed E-state index contributed by atoms with van der Waals surface area (Å²) in [6.45, 7) is 11.1. The SMILES string of the molecule is CCCCCCc1cccc(C2=CC(C)=C(c3cccc(CCCCCC)c3)[N+]2=[N-])c1.CCC[CH2][Ni][CH2]CCC. The van der Waals surface area contributed by atoms with E-state index in [0.29, 0.717) is 0 Å². The van der Waals surface area contributed by atoms with E-state index in [9.17, 15) is 5.53 Å². The molecule has 0 aliphatic carbocycles. The zero-order valence-electron chi connectivity index (χ0n) is 26.2. The van der Waals surface area contributed by atoms with Gasteiger partial charge in [-0.15, -0.1) is 0 Å². The summed E-state index contributed by atoms with van der Waals surface area (Å²) in [7, 11) is 0. The van der Waals surface area contributed by atoms with Gasteiger partial charge in [0.05, 0.1) is 0 Å². The van der Waals surface area contributed by atoms with Crippen LogP contribution in [0.15, 0.2) is 60.2 Å². The monoisotopic (exact) mass is 586 g/mol. The van der Waals surface area contributed by atoms with Crippen LogP contribution in [0, 0.1) is 0 Å². The van der Waals surface area contributed by atoms with Crippen molar-refractivity contribution < 1.29 is 19.1 Å². The third-order valence-electron chi connectivity index (χ3n) is 7.38. The number of rotatable bonds is 18. The predicted molar refractivity (Wildman–Crippen MR) is 172 cm³/mol. The minimum absolute atomic E-state index is 0.872. The molecule has 3 rings (SSSR count). The van der Waals surface area contributed by atoms with E-state index in [-0.39, 0.29) is 0 Å². The molecule has 1 aliphatic rings. The second-order valence-electron chi connectivity index (χ2n) is 11.1. The molecule has 0 saturated carbocycles. The Bertz CT molecular complexity index is 1060. The first-order valence-corrected chi connectivity index (χ1v) is 17.5. The van der Waals surface area contributed by atoms with Crippen molar-refractivity contribution in [3.63, 3.8) is 0 Å². The molecule has 1 aliphatic heterocycles. The molecule has 0 fully saturated rings. The van der Waals surface area contributed by atoms with Crippen molar-refractivity contribution in [2.45, 2.75) is 135 Å². The van der Waals surface area contributed by atoms with Gasteiger partial charge in [0.2, 0.25) is 11.4 Å². The van der Waals surface area contributed by atoms with E-state index in [2.05, 4.69) is 89.2 Å². The fourth-order valence-corrected chi connectivity index (χ4v) is 6.35. The first-order chi connectivity index (χ1) is 19.5. The average Bonchev–Trinajstić information content (AvgIpc) is 3.27. The molecule has 0 aromatic heterocycles. The first-order valence-electron chi connectivity index (χ1n) is 16.1. The van der Waals surface area contributed by atoms with Gasteiger partial charge in [-0.2, -0.15) is 0 Å². The van der Waals surface area contributed by atoms with E-state index in [1.165, 1.54) is 104 Å². The van der Waals surface area contributed by atoms with E-state index >= 15 is 0 Å². The van der Waals surface area contributed by atoms with Crippen LogP contribution in [0.2, 0.25) is 10.8 Å². The molecule has 2 aromatic rings. The molecule has 40 heavy (non-hydrogen) atoms. The van der Waals surface area contributed by atoms with Crippen LogP contribution in [-0.2, 0) is 27.3 Å². The van der Waals surface area contributed by atoms with Gasteiger partial charge >= 0.3 is 64.8 Å². The molecule has 3 heteroatoms. The summed E-state index contributed by atoms with van der Waals surface area (Å²) in [4.78, 5) is 0. The quantitative estimate of drug-likeness (QED) is 0.0942. The van der Waals surface area contributed by atoms with Gasteiger partial charge in [0, 0.05) is 22.8 Å². The maximum absolute atomic E-state index is 11.1. The molecular formula is C37H56N2Ni. The molecular weight excluding hydrogens is 531 g/mol. The van der Waals surface area contributed by atoms with E-state index in [1.54, 1.807) is 0 Å². The molecule has 0 atom stereocenters. The van der Waals surface area contributed by atoms with Crippen molar-refractivity contribution in [2.75, 3.05) is 0 Å². The fraction of sp³-hybridized carbons (Fsp3) is 0.568. The Morgan fingerprint density at radius 2 is 1.12 bits per heavy atom. The van der Waals surface area contributed by atoms with Crippen LogP contribution in [-0.4, -0.2) is 4.70 Å². The van der Waals surface area contributed by atoms with Crippen molar-refractivity contribution in [3.05, 3.63) is 88.0 Å². The standard InChI is InChI=1S/C29H38N2.2C4H9.Ni/c1-4-6-8-10-14-24-16-12-18-26(21-24)28-20-23(3)29(31(28)30)27-19-13-17-25(22-27)15-11-9-7-5-2;2*1-3-4-2;/h12-13,16-22H,4-11,14-15H2,1-3H3;2*1,3-4H2,2H3;. The number of hydrogen-bond acceptors (Lipinski definition) is 0. The molecule has 0 saturated heterocycles. The third kappa shape index (κ3) is 12.3. The third-order valence-corrected chi connectivity index (χ3v) is 8.78. The van der Waals surface area contributed by atoms with Crippen molar-refractivity contribution in [1.82, 2.24) is 0 Å². The number of allylic oxidation sites excluding steroid dienone is 2. The Morgan fingerprint density at radius 1 is 0.625 bits per heavy atom. The van der Waals surface area contributed by atoms with Crippen LogP contribution >= 0.6 is 0 Å². The van der Waals surface area contributed by atoms with Gasteiger partial charge in [-0.05, 0) is 68.0 Å². The van der Waals surface area contributed by atoms with Crippen molar-refractivity contribution in [3.8, 4) is 0 Å². The molecule has 2 nitrogen and oxygen atoms in total. The van der Waals surface area contributed by atoms with Crippen molar-refractivity contribution >= 4 is 11.4 Å². The van der Waals surface area contributed by atoms with Gasteiger partial charge in [0.25, 0.3) is 0 Å². The van der Waals surface area contributed by atoms with Gasteiger partial charge in [0.15, 0.2) is 0 Å². The summed E-state index contributed by atoms with van der Waals surface area (Å²) >= 11 is 1.94. The Kier molecular flexibility index (Phi) is 17.8. The topological polar surface area (TPSA) is 25.3 Å². The summed E-state index contributed by atoms with van der Waals surface area (Å²) < 4.78 is 1.39. The van der Waals surface area contributed by atoms with Gasteiger partial charge in [0.1, 0.15) is 0 Å². The molecule has 0 amide bonds. The molecule has 0 spiro atoms. The number of aryl methyl sites for hydroxylation is 2. The number of unbranched alkanes of at least 4 members (excludes halogenated alkanes) is 8. The minimum atomic E-state index is 0.872.